The number of hydrogen-bond acceptors (Lipinski definition) is 2. The van der Waals surface area contributed by atoms with Crippen LogP contribution in [0.4, 0.5) is 11.4 Å². The number of para-hydroxylation sites is 1. The topological polar surface area (TPSA) is 29.3 Å². The summed E-state index contributed by atoms with van der Waals surface area (Å²) in [6.45, 7) is 5.72. The van der Waals surface area contributed by atoms with E-state index in [0.29, 0.717) is 6.54 Å². The minimum Gasteiger partial charge on any atom is -0.340 e. The van der Waals surface area contributed by atoms with Gasteiger partial charge in [-0.1, -0.05) is 41.4 Å². The predicted octanol–water partition coefficient (Wildman–Crippen LogP) is 4.31. The van der Waals surface area contributed by atoms with Crippen LogP contribution in [0.2, 0.25) is 5.02 Å². The van der Waals surface area contributed by atoms with Crippen molar-refractivity contribution in [3.63, 3.8) is 0 Å². The lowest BCUT2D eigenvalue weighted by molar-refractivity contribution is 0.942. The maximum Gasteiger partial charge on any atom is 0.0645 e. The van der Waals surface area contributed by atoms with Crippen molar-refractivity contribution in [1.29, 1.82) is 0 Å². The van der Waals surface area contributed by atoms with Crippen LogP contribution in [0.25, 0.3) is 0 Å². The van der Waals surface area contributed by atoms with E-state index in [1.54, 1.807) is 0 Å². The highest BCUT2D eigenvalue weighted by molar-refractivity contribution is 6.33. The summed E-state index contributed by atoms with van der Waals surface area (Å²) in [5.41, 5.74) is 10.4. The van der Waals surface area contributed by atoms with Gasteiger partial charge in [0.25, 0.3) is 0 Å². The van der Waals surface area contributed by atoms with E-state index in [-0.39, 0.29) is 0 Å². The first-order valence-electron chi connectivity index (χ1n) is 6.99. The average molecular weight is 289 g/mol. The Morgan fingerprint density at radius 2 is 1.80 bits per heavy atom. The van der Waals surface area contributed by atoms with Gasteiger partial charge in [-0.05, 0) is 50.6 Å². The Morgan fingerprint density at radius 1 is 1.10 bits per heavy atom. The van der Waals surface area contributed by atoms with Crippen LogP contribution in [0.5, 0.6) is 0 Å². The number of benzene rings is 2. The van der Waals surface area contributed by atoms with E-state index in [1.165, 1.54) is 11.1 Å². The lowest BCUT2D eigenvalue weighted by Crippen LogP contribution is -2.19. The summed E-state index contributed by atoms with van der Waals surface area (Å²) in [7, 11) is 0. The molecule has 2 nitrogen and oxygen atoms in total. The molecule has 0 spiro atoms. The number of rotatable bonds is 5. The molecule has 0 saturated carbocycles. The average Bonchev–Trinajstić information content (AvgIpc) is 2.44. The molecule has 2 aromatic carbocycles. The monoisotopic (exact) mass is 288 g/mol. The molecule has 0 heterocycles. The second-order valence-corrected chi connectivity index (χ2v) is 5.27. The largest absolute Gasteiger partial charge is 0.340 e. The van der Waals surface area contributed by atoms with Gasteiger partial charge < -0.3 is 10.6 Å². The number of hydrogen-bond donors (Lipinski definition) is 1. The molecule has 0 atom stereocenters. The van der Waals surface area contributed by atoms with Crippen molar-refractivity contribution in [2.45, 2.75) is 20.3 Å². The number of nitrogens with two attached hydrogens (primary N) is 1. The normalized spacial score (nSPS) is 10.6. The number of nitrogens with zero attached hydrogens (tertiary/aromatic N) is 1. The zero-order valence-corrected chi connectivity index (χ0v) is 12.8. The first kappa shape index (κ1) is 14.9. The third kappa shape index (κ3) is 3.14. The lowest BCUT2D eigenvalue weighted by Gasteiger charge is -2.27. The second-order valence-electron chi connectivity index (χ2n) is 4.87. The van der Waals surface area contributed by atoms with Crippen LogP contribution >= 0.6 is 11.6 Å². The smallest absolute Gasteiger partial charge is 0.0645 e. The standard InChI is InChI=1S/C17H21ClN2/c1-3-20(15-9-7-13(2)8-10-15)17-14(11-12-19)5-4-6-16(17)18/h4-10H,3,11-12,19H2,1-2H3. The summed E-state index contributed by atoms with van der Waals surface area (Å²) in [6.07, 6.45) is 0.832. The molecule has 0 fully saturated rings. The van der Waals surface area contributed by atoms with Crippen molar-refractivity contribution in [2.75, 3.05) is 18.0 Å². The molecule has 0 aliphatic heterocycles. The Labute approximate surface area is 126 Å². The Kier molecular flexibility index (Phi) is 5.05. The molecular weight excluding hydrogens is 268 g/mol. The van der Waals surface area contributed by atoms with Crippen molar-refractivity contribution in [2.24, 2.45) is 5.73 Å². The van der Waals surface area contributed by atoms with Gasteiger partial charge in [-0.3, -0.25) is 0 Å². The highest BCUT2D eigenvalue weighted by Gasteiger charge is 2.15. The molecule has 106 valence electrons. The van der Waals surface area contributed by atoms with Gasteiger partial charge in [0.2, 0.25) is 0 Å². The maximum absolute atomic E-state index is 6.44. The fourth-order valence-corrected chi connectivity index (χ4v) is 2.71. The van der Waals surface area contributed by atoms with Crippen LogP contribution in [0.15, 0.2) is 42.5 Å². The molecule has 0 aliphatic carbocycles. The van der Waals surface area contributed by atoms with Crippen molar-refractivity contribution in [1.82, 2.24) is 0 Å². The van der Waals surface area contributed by atoms with Crippen molar-refractivity contribution in [3.8, 4) is 0 Å². The van der Waals surface area contributed by atoms with Crippen molar-refractivity contribution >= 4 is 23.0 Å². The summed E-state index contributed by atoms with van der Waals surface area (Å²) in [5, 5.41) is 0.776. The molecule has 20 heavy (non-hydrogen) atoms. The third-order valence-electron chi connectivity index (χ3n) is 3.42. The van der Waals surface area contributed by atoms with Gasteiger partial charge in [0.1, 0.15) is 0 Å². The molecule has 0 aliphatic rings. The maximum atomic E-state index is 6.44. The molecule has 0 saturated heterocycles. The van der Waals surface area contributed by atoms with E-state index < -0.39 is 0 Å². The Bertz CT molecular complexity index is 564. The molecule has 3 heteroatoms. The van der Waals surface area contributed by atoms with Crippen LogP contribution in [-0.4, -0.2) is 13.1 Å². The van der Waals surface area contributed by atoms with Crippen molar-refractivity contribution in [3.05, 3.63) is 58.6 Å². The molecule has 0 radical (unpaired) electrons. The van der Waals surface area contributed by atoms with E-state index >= 15 is 0 Å². The van der Waals surface area contributed by atoms with E-state index in [2.05, 4.69) is 49.1 Å². The quantitative estimate of drug-likeness (QED) is 0.888. The molecule has 0 bridgehead atoms. The van der Waals surface area contributed by atoms with Gasteiger partial charge in [0.15, 0.2) is 0 Å². The number of anilines is 2. The summed E-state index contributed by atoms with van der Waals surface area (Å²) < 4.78 is 0. The van der Waals surface area contributed by atoms with Gasteiger partial charge in [-0.15, -0.1) is 0 Å². The van der Waals surface area contributed by atoms with Gasteiger partial charge >= 0.3 is 0 Å². The molecule has 2 rings (SSSR count). The minimum atomic E-state index is 0.624. The Balaban J connectivity index is 2.48. The van der Waals surface area contributed by atoms with Crippen LogP contribution in [0, 0.1) is 6.92 Å². The van der Waals surface area contributed by atoms with Gasteiger partial charge in [0, 0.05) is 12.2 Å². The summed E-state index contributed by atoms with van der Waals surface area (Å²) >= 11 is 6.44. The minimum absolute atomic E-state index is 0.624. The second kappa shape index (κ2) is 6.78. The van der Waals surface area contributed by atoms with E-state index in [1.807, 2.05) is 12.1 Å². The van der Waals surface area contributed by atoms with Crippen molar-refractivity contribution < 1.29 is 0 Å². The van der Waals surface area contributed by atoms with Gasteiger partial charge in [-0.2, -0.15) is 0 Å². The first-order valence-corrected chi connectivity index (χ1v) is 7.36. The Hall–Kier alpha value is -1.51. The first-order chi connectivity index (χ1) is 9.67. The van der Waals surface area contributed by atoms with Gasteiger partial charge in [-0.25, -0.2) is 0 Å². The predicted molar refractivity (Wildman–Crippen MR) is 88.1 cm³/mol. The summed E-state index contributed by atoms with van der Waals surface area (Å²) in [6, 6.07) is 14.5. The molecule has 0 unspecified atom stereocenters. The zero-order valence-electron chi connectivity index (χ0n) is 12.1. The molecule has 2 N–H and O–H groups in total. The molecule has 0 amide bonds. The van der Waals surface area contributed by atoms with E-state index in [9.17, 15) is 0 Å². The fourth-order valence-electron chi connectivity index (χ4n) is 2.41. The zero-order chi connectivity index (χ0) is 14.5. The SMILES string of the molecule is CCN(c1ccc(C)cc1)c1c(Cl)cccc1CCN. The summed E-state index contributed by atoms with van der Waals surface area (Å²) in [4.78, 5) is 2.24. The van der Waals surface area contributed by atoms with E-state index in [0.717, 1.165) is 29.4 Å². The third-order valence-corrected chi connectivity index (χ3v) is 3.72. The number of halogens is 1. The van der Waals surface area contributed by atoms with Crippen LogP contribution in [-0.2, 0) is 6.42 Å². The van der Waals surface area contributed by atoms with Crippen LogP contribution < -0.4 is 10.6 Å². The van der Waals surface area contributed by atoms with Crippen LogP contribution in [0.1, 0.15) is 18.1 Å². The van der Waals surface area contributed by atoms with Gasteiger partial charge in [0.05, 0.1) is 10.7 Å². The van der Waals surface area contributed by atoms with Crippen LogP contribution in [0.3, 0.4) is 0 Å². The molecule has 0 aromatic heterocycles. The fraction of sp³-hybridized carbons (Fsp3) is 0.294. The number of aryl methyl sites for hydroxylation is 1. The lowest BCUT2D eigenvalue weighted by atomic mass is 10.1. The highest BCUT2D eigenvalue weighted by Crippen LogP contribution is 2.35. The summed E-state index contributed by atoms with van der Waals surface area (Å²) in [5.74, 6) is 0. The Morgan fingerprint density at radius 3 is 2.40 bits per heavy atom. The molecule has 2 aromatic rings. The highest BCUT2D eigenvalue weighted by atomic mass is 35.5. The van der Waals surface area contributed by atoms with E-state index in [4.69, 9.17) is 17.3 Å². The molecular formula is C17H21ClN2.